The van der Waals surface area contributed by atoms with E-state index in [2.05, 4.69) is 19.2 Å². The van der Waals surface area contributed by atoms with Gasteiger partial charge in [-0.3, -0.25) is 0 Å². The van der Waals surface area contributed by atoms with E-state index in [0.717, 1.165) is 18.7 Å². The number of nitrogens with one attached hydrogen (secondary N) is 1. The normalized spacial score (nSPS) is 31.4. The van der Waals surface area contributed by atoms with Gasteiger partial charge >= 0.3 is 5.97 Å². The second-order valence-corrected chi connectivity index (χ2v) is 6.07. The van der Waals surface area contributed by atoms with Gasteiger partial charge in [0, 0.05) is 29.7 Å². The van der Waals surface area contributed by atoms with E-state index in [1.807, 2.05) is 6.07 Å². The molecular weight excluding hydrogens is 242 g/mol. The maximum Gasteiger partial charge on any atom is 0.335 e. The summed E-state index contributed by atoms with van der Waals surface area (Å²) in [5.41, 5.74) is 1.30. The quantitative estimate of drug-likeness (QED) is 0.878. The third kappa shape index (κ3) is 1.91. The lowest BCUT2D eigenvalue weighted by Crippen LogP contribution is -2.63. The molecular formula is C15H19NO3. The Balaban J connectivity index is 1.78. The predicted molar refractivity (Wildman–Crippen MR) is 72.4 cm³/mol. The lowest BCUT2D eigenvalue weighted by molar-refractivity contribution is -0.0923. The van der Waals surface area contributed by atoms with Crippen LogP contribution in [0.25, 0.3) is 0 Å². The van der Waals surface area contributed by atoms with E-state index >= 15 is 0 Å². The Morgan fingerprint density at radius 1 is 1.47 bits per heavy atom. The molecule has 2 N–H and O–H groups in total. The smallest absolute Gasteiger partial charge is 0.335 e. The monoisotopic (exact) mass is 261 g/mol. The van der Waals surface area contributed by atoms with Crippen molar-refractivity contribution in [2.24, 2.45) is 11.3 Å². The molecule has 0 aromatic heterocycles. The molecule has 102 valence electrons. The van der Waals surface area contributed by atoms with Gasteiger partial charge in [-0.1, -0.05) is 19.9 Å². The molecule has 1 heterocycles. The van der Waals surface area contributed by atoms with Gasteiger partial charge < -0.3 is 15.2 Å². The molecule has 1 aliphatic heterocycles. The summed E-state index contributed by atoms with van der Waals surface area (Å²) in [4.78, 5) is 11.0. The number of fused-ring (bicyclic) bond motifs is 1. The number of aromatic carboxylic acids is 1. The third-order valence-corrected chi connectivity index (χ3v) is 4.53. The van der Waals surface area contributed by atoms with E-state index < -0.39 is 5.97 Å². The first kappa shape index (κ1) is 12.5. The standard InChI is InChI=1S/C15H19NO3/c1-15(2)12(11-6-7-19-13(11)15)16-10-5-3-4-9(8-10)14(17)18/h3-5,8,11-13,16H,6-7H2,1-2H3,(H,17,18). The maximum atomic E-state index is 11.0. The number of hydrogen-bond acceptors (Lipinski definition) is 3. The van der Waals surface area contributed by atoms with E-state index in [9.17, 15) is 4.79 Å². The minimum absolute atomic E-state index is 0.0976. The second-order valence-electron chi connectivity index (χ2n) is 6.07. The van der Waals surface area contributed by atoms with Gasteiger partial charge in [0.2, 0.25) is 0 Å². The average Bonchev–Trinajstić information content (AvgIpc) is 2.83. The highest BCUT2D eigenvalue weighted by molar-refractivity contribution is 5.88. The molecule has 2 fully saturated rings. The van der Waals surface area contributed by atoms with Crippen molar-refractivity contribution in [2.45, 2.75) is 32.4 Å². The van der Waals surface area contributed by atoms with Gasteiger partial charge in [-0.15, -0.1) is 0 Å². The molecule has 1 aliphatic carbocycles. The first-order valence-electron chi connectivity index (χ1n) is 6.71. The zero-order valence-corrected chi connectivity index (χ0v) is 11.2. The summed E-state index contributed by atoms with van der Waals surface area (Å²) >= 11 is 0. The summed E-state index contributed by atoms with van der Waals surface area (Å²) in [7, 11) is 0. The molecule has 3 atom stereocenters. The van der Waals surface area contributed by atoms with Gasteiger partial charge in [0.05, 0.1) is 11.7 Å². The van der Waals surface area contributed by atoms with Crippen molar-refractivity contribution < 1.29 is 14.6 Å². The highest BCUT2D eigenvalue weighted by Crippen LogP contribution is 2.53. The number of rotatable bonds is 3. The molecule has 0 bridgehead atoms. The van der Waals surface area contributed by atoms with Crippen molar-refractivity contribution in [1.29, 1.82) is 0 Å². The van der Waals surface area contributed by atoms with Crippen LogP contribution in [0.1, 0.15) is 30.6 Å². The topological polar surface area (TPSA) is 58.6 Å². The number of hydrogen-bond donors (Lipinski definition) is 2. The van der Waals surface area contributed by atoms with Crippen molar-refractivity contribution in [3.63, 3.8) is 0 Å². The number of anilines is 1. The molecule has 0 spiro atoms. The lowest BCUT2D eigenvalue weighted by Gasteiger charge is -2.55. The minimum Gasteiger partial charge on any atom is -0.478 e. The van der Waals surface area contributed by atoms with Gasteiger partial charge in [-0.25, -0.2) is 4.79 Å². The van der Waals surface area contributed by atoms with E-state index in [1.54, 1.807) is 18.2 Å². The fraction of sp³-hybridized carbons (Fsp3) is 0.533. The Hall–Kier alpha value is -1.55. The van der Waals surface area contributed by atoms with Crippen LogP contribution in [-0.2, 0) is 4.74 Å². The Bertz CT molecular complexity index is 512. The summed E-state index contributed by atoms with van der Waals surface area (Å²) in [5.74, 6) is -0.345. The molecule has 4 nitrogen and oxygen atoms in total. The highest BCUT2D eigenvalue weighted by atomic mass is 16.5. The van der Waals surface area contributed by atoms with Gasteiger partial charge in [0.15, 0.2) is 0 Å². The molecule has 19 heavy (non-hydrogen) atoms. The largest absolute Gasteiger partial charge is 0.478 e. The molecule has 0 amide bonds. The van der Waals surface area contributed by atoms with Crippen LogP contribution >= 0.6 is 0 Å². The van der Waals surface area contributed by atoms with Crippen molar-refractivity contribution in [1.82, 2.24) is 0 Å². The van der Waals surface area contributed by atoms with Gasteiger partial charge in [0.25, 0.3) is 0 Å². The van der Waals surface area contributed by atoms with Crippen LogP contribution in [0.3, 0.4) is 0 Å². The van der Waals surface area contributed by atoms with E-state index in [1.165, 1.54) is 0 Å². The van der Waals surface area contributed by atoms with Crippen LogP contribution in [0.5, 0.6) is 0 Å². The lowest BCUT2D eigenvalue weighted by atomic mass is 9.57. The van der Waals surface area contributed by atoms with Crippen LogP contribution in [0.4, 0.5) is 5.69 Å². The van der Waals surface area contributed by atoms with E-state index in [4.69, 9.17) is 9.84 Å². The summed E-state index contributed by atoms with van der Waals surface area (Å²) in [6, 6.07) is 7.36. The number of ether oxygens (including phenoxy) is 1. The molecule has 2 aliphatic rings. The van der Waals surface area contributed by atoms with Crippen LogP contribution in [-0.4, -0.2) is 29.8 Å². The SMILES string of the molecule is CC1(C)C(Nc2cccc(C(=O)O)c2)C2CCOC21. The van der Waals surface area contributed by atoms with Crippen LogP contribution in [0.2, 0.25) is 0 Å². The zero-order chi connectivity index (χ0) is 13.6. The zero-order valence-electron chi connectivity index (χ0n) is 11.2. The summed E-state index contributed by atoms with van der Waals surface area (Å²) in [6.45, 7) is 5.25. The molecule has 1 saturated carbocycles. The Labute approximate surface area is 112 Å². The maximum absolute atomic E-state index is 11.0. The molecule has 1 aromatic rings. The van der Waals surface area contributed by atoms with Gasteiger partial charge in [-0.05, 0) is 24.6 Å². The molecule has 3 unspecified atom stereocenters. The predicted octanol–water partition coefficient (Wildman–Crippen LogP) is 2.61. The average molecular weight is 261 g/mol. The first-order valence-corrected chi connectivity index (χ1v) is 6.71. The Morgan fingerprint density at radius 3 is 3.00 bits per heavy atom. The van der Waals surface area contributed by atoms with Crippen molar-refractivity contribution >= 4 is 11.7 Å². The minimum atomic E-state index is -0.890. The molecule has 1 aromatic carbocycles. The second kappa shape index (κ2) is 4.23. The fourth-order valence-electron chi connectivity index (χ4n) is 3.54. The Kier molecular flexibility index (Phi) is 2.78. The molecule has 4 heteroatoms. The van der Waals surface area contributed by atoms with Crippen LogP contribution in [0, 0.1) is 11.3 Å². The molecule has 3 rings (SSSR count). The van der Waals surface area contributed by atoms with Crippen LogP contribution in [0.15, 0.2) is 24.3 Å². The number of carboxylic acid groups (broad SMARTS) is 1. The number of carbonyl (C=O) groups is 1. The summed E-state index contributed by atoms with van der Waals surface area (Å²) < 4.78 is 5.76. The van der Waals surface area contributed by atoms with E-state index in [0.29, 0.717) is 23.6 Å². The highest BCUT2D eigenvalue weighted by Gasteiger charge is 2.59. The summed E-state index contributed by atoms with van der Waals surface area (Å²) in [6.07, 6.45) is 1.43. The van der Waals surface area contributed by atoms with Crippen LogP contribution < -0.4 is 5.32 Å². The van der Waals surface area contributed by atoms with Crippen molar-refractivity contribution in [3.8, 4) is 0 Å². The van der Waals surface area contributed by atoms with Crippen molar-refractivity contribution in [2.75, 3.05) is 11.9 Å². The number of carboxylic acids is 1. The van der Waals surface area contributed by atoms with Gasteiger partial charge in [-0.2, -0.15) is 0 Å². The first-order chi connectivity index (χ1) is 9.00. The van der Waals surface area contributed by atoms with E-state index in [-0.39, 0.29) is 5.41 Å². The third-order valence-electron chi connectivity index (χ3n) is 4.53. The molecule has 0 radical (unpaired) electrons. The fourth-order valence-corrected chi connectivity index (χ4v) is 3.54. The summed E-state index contributed by atoms with van der Waals surface area (Å²) in [5, 5.41) is 12.5. The Morgan fingerprint density at radius 2 is 2.26 bits per heavy atom. The number of benzene rings is 1. The van der Waals surface area contributed by atoms with Crippen molar-refractivity contribution in [3.05, 3.63) is 29.8 Å². The molecule has 1 saturated heterocycles. The van der Waals surface area contributed by atoms with Gasteiger partial charge in [0.1, 0.15) is 0 Å².